The van der Waals surface area contributed by atoms with Gasteiger partial charge in [-0.3, -0.25) is 9.59 Å². The fourth-order valence-corrected chi connectivity index (χ4v) is 4.27. The van der Waals surface area contributed by atoms with Crippen LogP contribution in [-0.4, -0.2) is 23.1 Å². The number of esters is 1. The third kappa shape index (κ3) is 8.55. The van der Waals surface area contributed by atoms with Crippen LogP contribution in [0.3, 0.4) is 0 Å². The second-order valence-corrected chi connectivity index (χ2v) is 8.63. The van der Waals surface area contributed by atoms with Gasteiger partial charge in [0, 0.05) is 6.42 Å². The Morgan fingerprint density at radius 3 is 2.38 bits per heavy atom. The number of aliphatic carboxylic acids is 1. The van der Waals surface area contributed by atoms with E-state index < -0.39 is 5.97 Å². The van der Waals surface area contributed by atoms with E-state index in [2.05, 4.69) is 27.7 Å². The van der Waals surface area contributed by atoms with Gasteiger partial charge in [0.2, 0.25) is 0 Å². The molecule has 4 nitrogen and oxygen atoms in total. The summed E-state index contributed by atoms with van der Waals surface area (Å²) in [4.78, 5) is 23.7. The minimum Gasteiger partial charge on any atom is -0.481 e. The average molecular weight is 369 g/mol. The number of carboxylic acid groups (broad SMARTS) is 1. The Morgan fingerprint density at radius 1 is 1.08 bits per heavy atom. The summed E-state index contributed by atoms with van der Waals surface area (Å²) < 4.78 is 5.95. The molecule has 0 spiro atoms. The molecule has 0 saturated heterocycles. The molecule has 0 radical (unpaired) electrons. The van der Waals surface area contributed by atoms with Crippen molar-refractivity contribution in [3.63, 3.8) is 0 Å². The van der Waals surface area contributed by atoms with Gasteiger partial charge in [-0.15, -0.1) is 0 Å². The molecule has 26 heavy (non-hydrogen) atoms. The highest BCUT2D eigenvalue weighted by Gasteiger charge is 2.37. The predicted molar refractivity (Wildman–Crippen MR) is 105 cm³/mol. The lowest BCUT2D eigenvalue weighted by atomic mass is 9.70. The van der Waals surface area contributed by atoms with Crippen molar-refractivity contribution in [2.24, 2.45) is 23.7 Å². The number of ether oxygens (including phenoxy) is 1. The predicted octanol–water partition coefficient (Wildman–Crippen LogP) is 5.83. The summed E-state index contributed by atoms with van der Waals surface area (Å²) in [6, 6.07) is 0. The highest BCUT2D eigenvalue weighted by Crippen LogP contribution is 2.39. The van der Waals surface area contributed by atoms with Crippen LogP contribution in [0.2, 0.25) is 0 Å². The zero-order chi connectivity index (χ0) is 19.5. The van der Waals surface area contributed by atoms with E-state index in [-0.39, 0.29) is 24.4 Å². The molecule has 0 aromatic rings. The molecular formula is C22H40O4. The molecule has 1 saturated carbocycles. The van der Waals surface area contributed by atoms with Gasteiger partial charge >= 0.3 is 11.9 Å². The van der Waals surface area contributed by atoms with E-state index in [1.165, 1.54) is 19.3 Å². The van der Waals surface area contributed by atoms with Crippen LogP contribution in [0.25, 0.3) is 0 Å². The molecule has 1 fully saturated rings. The van der Waals surface area contributed by atoms with Gasteiger partial charge in [0.05, 0.1) is 5.92 Å². The van der Waals surface area contributed by atoms with Gasteiger partial charge in [0.25, 0.3) is 0 Å². The van der Waals surface area contributed by atoms with Crippen molar-refractivity contribution in [2.75, 3.05) is 0 Å². The third-order valence-electron chi connectivity index (χ3n) is 5.90. The zero-order valence-corrected chi connectivity index (χ0v) is 17.3. The monoisotopic (exact) mass is 368 g/mol. The number of hydrogen-bond acceptors (Lipinski definition) is 3. The van der Waals surface area contributed by atoms with Crippen LogP contribution in [0.1, 0.15) is 98.3 Å². The maximum atomic E-state index is 12.9. The average Bonchev–Trinajstić information content (AvgIpc) is 2.57. The van der Waals surface area contributed by atoms with E-state index >= 15 is 0 Å². The maximum absolute atomic E-state index is 12.9. The summed E-state index contributed by atoms with van der Waals surface area (Å²) in [5, 5.41) is 8.88. The lowest BCUT2D eigenvalue weighted by Crippen LogP contribution is -2.36. The van der Waals surface area contributed by atoms with Crippen molar-refractivity contribution in [1.29, 1.82) is 0 Å². The van der Waals surface area contributed by atoms with E-state index in [1.807, 2.05) is 0 Å². The van der Waals surface area contributed by atoms with Gasteiger partial charge in [0.15, 0.2) is 0 Å². The smallest absolute Gasteiger partial charge is 0.309 e. The second kappa shape index (κ2) is 12.3. The van der Waals surface area contributed by atoms with Gasteiger partial charge in [-0.1, -0.05) is 53.4 Å². The molecule has 0 aliphatic heterocycles. The first-order valence-corrected chi connectivity index (χ1v) is 10.8. The van der Waals surface area contributed by atoms with Crippen molar-refractivity contribution in [3.8, 4) is 0 Å². The first-order chi connectivity index (χ1) is 12.3. The van der Waals surface area contributed by atoms with Gasteiger partial charge in [-0.05, 0) is 56.3 Å². The van der Waals surface area contributed by atoms with Crippen LogP contribution in [0, 0.1) is 23.7 Å². The quantitative estimate of drug-likeness (QED) is 0.347. The number of carbonyl (C=O) groups is 2. The molecular weight excluding hydrogens is 328 g/mol. The fraction of sp³-hybridized carbons (Fsp3) is 0.909. The second-order valence-electron chi connectivity index (χ2n) is 8.63. The number of rotatable bonds is 12. The summed E-state index contributed by atoms with van der Waals surface area (Å²) in [5.74, 6) is 0.690. The van der Waals surface area contributed by atoms with Crippen molar-refractivity contribution >= 4 is 11.9 Å². The first kappa shape index (κ1) is 23.0. The molecule has 4 atom stereocenters. The van der Waals surface area contributed by atoms with Crippen LogP contribution >= 0.6 is 0 Å². The lowest BCUT2D eigenvalue weighted by Gasteiger charge is -2.36. The normalized spacial score (nSPS) is 24.4. The number of hydrogen-bond donors (Lipinski definition) is 1. The summed E-state index contributed by atoms with van der Waals surface area (Å²) in [7, 11) is 0. The van der Waals surface area contributed by atoms with E-state index in [4.69, 9.17) is 9.84 Å². The van der Waals surface area contributed by atoms with Crippen molar-refractivity contribution in [1.82, 2.24) is 0 Å². The highest BCUT2D eigenvalue weighted by atomic mass is 16.5. The standard InChI is InChI=1S/C22H40O4/c1-5-6-7-8-10-18(11-9-12-21(23)24)26-22(25)20-15-17(4)13-14-19(20)16(2)3/h16-20H,5-15H2,1-4H3,(H,23,24). The van der Waals surface area contributed by atoms with Crippen LogP contribution in [0.15, 0.2) is 0 Å². The minimum atomic E-state index is -0.776. The Kier molecular flexibility index (Phi) is 10.9. The van der Waals surface area contributed by atoms with Gasteiger partial charge in [-0.2, -0.15) is 0 Å². The van der Waals surface area contributed by atoms with Crippen molar-refractivity contribution < 1.29 is 19.4 Å². The Morgan fingerprint density at radius 2 is 1.77 bits per heavy atom. The Bertz CT molecular complexity index is 418. The summed E-state index contributed by atoms with van der Waals surface area (Å²) in [6.45, 7) is 8.82. The summed E-state index contributed by atoms with van der Waals surface area (Å²) in [6.07, 6.45) is 9.96. The maximum Gasteiger partial charge on any atom is 0.309 e. The third-order valence-corrected chi connectivity index (χ3v) is 5.90. The zero-order valence-electron chi connectivity index (χ0n) is 17.3. The number of unbranched alkanes of at least 4 members (excludes halogenated alkanes) is 3. The van der Waals surface area contributed by atoms with E-state index in [1.54, 1.807) is 0 Å². The molecule has 1 N–H and O–H groups in total. The van der Waals surface area contributed by atoms with Crippen molar-refractivity contribution in [2.45, 2.75) is 104 Å². The largest absolute Gasteiger partial charge is 0.481 e. The van der Waals surface area contributed by atoms with Gasteiger partial charge in [-0.25, -0.2) is 0 Å². The van der Waals surface area contributed by atoms with Gasteiger partial charge < -0.3 is 9.84 Å². The molecule has 0 aromatic carbocycles. The fourth-order valence-electron chi connectivity index (χ4n) is 4.27. The molecule has 0 bridgehead atoms. The van der Waals surface area contributed by atoms with E-state index in [0.717, 1.165) is 32.1 Å². The highest BCUT2D eigenvalue weighted by molar-refractivity contribution is 5.73. The summed E-state index contributed by atoms with van der Waals surface area (Å²) in [5.41, 5.74) is 0. The molecule has 4 unspecified atom stereocenters. The number of carbonyl (C=O) groups excluding carboxylic acids is 1. The van der Waals surface area contributed by atoms with E-state index in [0.29, 0.717) is 30.6 Å². The van der Waals surface area contributed by atoms with Crippen LogP contribution in [0.5, 0.6) is 0 Å². The van der Waals surface area contributed by atoms with Gasteiger partial charge in [0.1, 0.15) is 6.10 Å². The molecule has 0 heterocycles. The van der Waals surface area contributed by atoms with Crippen LogP contribution < -0.4 is 0 Å². The molecule has 4 heteroatoms. The Balaban J connectivity index is 2.63. The van der Waals surface area contributed by atoms with E-state index in [9.17, 15) is 9.59 Å². The molecule has 1 aliphatic rings. The molecule has 0 aromatic heterocycles. The molecule has 1 rings (SSSR count). The van der Waals surface area contributed by atoms with Crippen molar-refractivity contribution in [3.05, 3.63) is 0 Å². The summed E-state index contributed by atoms with van der Waals surface area (Å²) >= 11 is 0. The molecule has 152 valence electrons. The molecule has 1 aliphatic carbocycles. The minimum absolute atomic E-state index is 0.0105. The Hall–Kier alpha value is -1.06. The number of carboxylic acids is 1. The SMILES string of the molecule is CCCCCCC(CCCC(=O)O)OC(=O)C1CC(C)CCC1C(C)C. The lowest BCUT2D eigenvalue weighted by molar-refractivity contribution is -0.160. The topological polar surface area (TPSA) is 63.6 Å². The molecule has 0 amide bonds. The Labute approximate surface area is 160 Å². The first-order valence-electron chi connectivity index (χ1n) is 10.8. The van der Waals surface area contributed by atoms with Crippen LogP contribution in [0.4, 0.5) is 0 Å². The van der Waals surface area contributed by atoms with Crippen LogP contribution in [-0.2, 0) is 14.3 Å².